The van der Waals surface area contributed by atoms with Crippen LogP contribution in [0.15, 0.2) is 0 Å². The van der Waals surface area contributed by atoms with E-state index in [9.17, 15) is 5.11 Å². The Hall–Kier alpha value is -0.160. The summed E-state index contributed by atoms with van der Waals surface area (Å²) in [7, 11) is 4.30. The van der Waals surface area contributed by atoms with Crippen LogP contribution in [0.2, 0.25) is 0 Å². The first kappa shape index (κ1) is 12.3. The molecule has 0 bridgehead atoms. The molecule has 0 aliphatic carbocycles. The van der Waals surface area contributed by atoms with Crippen molar-refractivity contribution < 1.29 is 5.11 Å². The highest BCUT2D eigenvalue weighted by molar-refractivity contribution is 4.90. The highest BCUT2D eigenvalue weighted by Crippen LogP contribution is 2.21. The molecular formula is C12H25N3O. The van der Waals surface area contributed by atoms with Gasteiger partial charge in [-0.25, -0.2) is 0 Å². The molecule has 0 spiro atoms. The van der Waals surface area contributed by atoms with Crippen molar-refractivity contribution in [3.05, 3.63) is 0 Å². The maximum Gasteiger partial charge on any atom is 0.0831 e. The number of piperidine rings is 1. The number of β-amino-alcohol motifs (C(OH)–C–C–N with tert-alkyl or cyclic N) is 1. The number of aliphatic hydroxyl groups is 1. The summed E-state index contributed by atoms with van der Waals surface area (Å²) in [6, 6.07) is 0.361. The molecule has 4 nitrogen and oxygen atoms in total. The van der Waals surface area contributed by atoms with Crippen molar-refractivity contribution in [2.45, 2.75) is 25.0 Å². The largest absolute Gasteiger partial charge is 0.390 e. The number of nitrogens with one attached hydrogen (secondary N) is 1. The second-order valence-corrected chi connectivity index (χ2v) is 5.53. The highest BCUT2D eigenvalue weighted by Gasteiger charge is 2.32. The van der Waals surface area contributed by atoms with Gasteiger partial charge in [0.25, 0.3) is 0 Å². The molecule has 2 saturated heterocycles. The van der Waals surface area contributed by atoms with E-state index in [2.05, 4.69) is 29.2 Å². The lowest BCUT2D eigenvalue weighted by Crippen LogP contribution is -2.48. The van der Waals surface area contributed by atoms with Crippen molar-refractivity contribution in [1.29, 1.82) is 0 Å². The van der Waals surface area contributed by atoms with Gasteiger partial charge in [-0.2, -0.15) is 0 Å². The first-order valence-electron chi connectivity index (χ1n) is 6.44. The molecule has 2 rings (SSSR count). The summed E-state index contributed by atoms with van der Waals surface area (Å²) < 4.78 is 0. The summed E-state index contributed by atoms with van der Waals surface area (Å²) in [6.45, 7) is 5.24. The zero-order valence-electron chi connectivity index (χ0n) is 10.5. The van der Waals surface area contributed by atoms with Crippen LogP contribution in [0.4, 0.5) is 0 Å². The molecule has 0 saturated carbocycles. The normalized spacial score (nSPS) is 33.8. The van der Waals surface area contributed by atoms with Gasteiger partial charge >= 0.3 is 0 Å². The smallest absolute Gasteiger partial charge is 0.0831 e. The molecule has 2 heterocycles. The molecule has 4 heteroatoms. The lowest BCUT2D eigenvalue weighted by molar-refractivity contribution is 0.0551. The van der Waals surface area contributed by atoms with Gasteiger partial charge in [0, 0.05) is 25.7 Å². The van der Waals surface area contributed by atoms with Crippen LogP contribution >= 0.6 is 0 Å². The maximum absolute atomic E-state index is 9.84. The van der Waals surface area contributed by atoms with Crippen LogP contribution in [-0.2, 0) is 0 Å². The number of rotatable bonds is 3. The fourth-order valence-electron chi connectivity index (χ4n) is 3.01. The molecule has 2 unspecified atom stereocenters. The van der Waals surface area contributed by atoms with Crippen molar-refractivity contribution in [3.63, 3.8) is 0 Å². The summed E-state index contributed by atoms with van der Waals surface area (Å²) in [6.07, 6.45) is 2.40. The fourth-order valence-corrected chi connectivity index (χ4v) is 3.01. The number of hydrogen-bond acceptors (Lipinski definition) is 4. The molecule has 2 fully saturated rings. The Labute approximate surface area is 98.6 Å². The van der Waals surface area contributed by atoms with Gasteiger partial charge < -0.3 is 15.3 Å². The number of nitrogens with zero attached hydrogens (tertiary/aromatic N) is 2. The topological polar surface area (TPSA) is 38.7 Å². The second-order valence-electron chi connectivity index (χ2n) is 5.53. The van der Waals surface area contributed by atoms with Gasteiger partial charge in [0.2, 0.25) is 0 Å². The van der Waals surface area contributed by atoms with Crippen molar-refractivity contribution in [2.24, 2.45) is 5.92 Å². The van der Waals surface area contributed by atoms with Gasteiger partial charge in [0.1, 0.15) is 0 Å². The average molecular weight is 227 g/mol. The molecule has 0 aromatic rings. The lowest BCUT2D eigenvalue weighted by Gasteiger charge is -2.37. The van der Waals surface area contributed by atoms with E-state index in [-0.39, 0.29) is 6.10 Å². The van der Waals surface area contributed by atoms with Gasteiger partial charge in [0.15, 0.2) is 0 Å². The summed E-state index contributed by atoms with van der Waals surface area (Å²) in [5.41, 5.74) is 0. The minimum atomic E-state index is -0.162. The number of likely N-dealkylation sites (tertiary alicyclic amines) is 1. The number of hydrogen-bond donors (Lipinski definition) is 2. The summed E-state index contributed by atoms with van der Waals surface area (Å²) >= 11 is 0. The monoisotopic (exact) mass is 227 g/mol. The first-order valence-corrected chi connectivity index (χ1v) is 6.44. The van der Waals surface area contributed by atoms with E-state index in [1.165, 1.54) is 19.4 Å². The van der Waals surface area contributed by atoms with Crippen LogP contribution < -0.4 is 5.32 Å². The Morgan fingerprint density at radius 2 is 1.94 bits per heavy atom. The van der Waals surface area contributed by atoms with Gasteiger partial charge in [-0.1, -0.05) is 0 Å². The fraction of sp³-hybridized carbons (Fsp3) is 1.00. The standard InChI is InChI=1S/C12H25N3O/c1-14(2)9-10-3-5-15(6-4-10)11-7-13-8-12(11)16/h10-13,16H,3-9H2,1-2H3. The van der Waals surface area contributed by atoms with Crippen molar-refractivity contribution >= 4 is 0 Å². The van der Waals surface area contributed by atoms with Crippen LogP contribution in [0.5, 0.6) is 0 Å². The SMILES string of the molecule is CN(C)CC1CCN(C2CNCC2O)CC1. The minimum Gasteiger partial charge on any atom is -0.390 e. The molecule has 2 atom stereocenters. The highest BCUT2D eigenvalue weighted by atomic mass is 16.3. The van der Waals surface area contributed by atoms with E-state index in [0.29, 0.717) is 6.04 Å². The predicted octanol–water partition coefficient (Wildman–Crippen LogP) is -0.407. The third-order valence-electron chi connectivity index (χ3n) is 3.89. The van der Waals surface area contributed by atoms with Crippen LogP contribution in [0.3, 0.4) is 0 Å². The summed E-state index contributed by atoms with van der Waals surface area (Å²) in [4.78, 5) is 4.75. The Bertz CT molecular complexity index is 214. The van der Waals surface area contributed by atoms with Gasteiger partial charge in [-0.05, 0) is 45.9 Å². The molecule has 0 aromatic carbocycles. The molecular weight excluding hydrogens is 202 g/mol. The zero-order valence-corrected chi connectivity index (χ0v) is 10.5. The van der Waals surface area contributed by atoms with Crippen molar-refractivity contribution in [3.8, 4) is 0 Å². The van der Waals surface area contributed by atoms with E-state index in [0.717, 1.165) is 32.1 Å². The molecule has 0 aromatic heterocycles. The van der Waals surface area contributed by atoms with Crippen molar-refractivity contribution in [2.75, 3.05) is 46.8 Å². The van der Waals surface area contributed by atoms with Crippen LogP contribution in [0.1, 0.15) is 12.8 Å². The Morgan fingerprint density at radius 3 is 2.44 bits per heavy atom. The first-order chi connectivity index (χ1) is 7.66. The van der Waals surface area contributed by atoms with E-state index >= 15 is 0 Å². The van der Waals surface area contributed by atoms with Gasteiger partial charge in [-0.3, -0.25) is 4.90 Å². The minimum absolute atomic E-state index is 0.162. The third kappa shape index (κ3) is 2.94. The lowest BCUT2D eigenvalue weighted by atomic mass is 9.95. The molecule has 0 radical (unpaired) electrons. The summed E-state index contributed by atoms with van der Waals surface area (Å²) in [5, 5.41) is 13.1. The van der Waals surface area contributed by atoms with Crippen LogP contribution in [0.25, 0.3) is 0 Å². The molecule has 2 aliphatic rings. The second kappa shape index (κ2) is 5.45. The quantitative estimate of drug-likeness (QED) is 0.688. The van der Waals surface area contributed by atoms with Gasteiger partial charge in [-0.15, -0.1) is 0 Å². The van der Waals surface area contributed by atoms with Crippen LogP contribution in [-0.4, -0.2) is 73.9 Å². The summed E-state index contributed by atoms with van der Waals surface area (Å²) in [5.74, 6) is 0.845. The maximum atomic E-state index is 9.84. The Morgan fingerprint density at radius 1 is 1.25 bits per heavy atom. The van der Waals surface area contributed by atoms with Crippen LogP contribution in [0, 0.1) is 5.92 Å². The molecule has 0 amide bonds. The number of aliphatic hydroxyl groups excluding tert-OH is 1. The average Bonchev–Trinajstić information content (AvgIpc) is 2.65. The van der Waals surface area contributed by atoms with Crippen molar-refractivity contribution in [1.82, 2.24) is 15.1 Å². The Balaban J connectivity index is 1.76. The molecule has 94 valence electrons. The zero-order chi connectivity index (χ0) is 11.5. The molecule has 16 heavy (non-hydrogen) atoms. The molecule has 2 N–H and O–H groups in total. The van der Waals surface area contributed by atoms with E-state index < -0.39 is 0 Å². The van der Waals surface area contributed by atoms with Gasteiger partial charge in [0.05, 0.1) is 6.10 Å². The van der Waals surface area contributed by atoms with E-state index in [1.54, 1.807) is 0 Å². The van der Waals surface area contributed by atoms with E-state index in [1.807, 2.05) is 0 Å². The van der Waals surface area contributed by atoms with E-state index in [4.69, 9.17) is 0 Å². The molecule has 2 aliphatic heterocycles. The third-order valence-corrected chi connectivity index (χ3v) is 3.89. The Kier molecular flexibility index (Phi) is 4.19. The predicted molar refractivity (Wildman–Crippen MR) is 65.5 cm³/mol.